The van der Waals surface area contributed by atoms with Gasteiger partial charge >= 0.3 is 5.97 Å². The summed E-state index contributed by atoms with van der Waals surface area (Å²) in [6.07, 6.45) is 2.15. The topological polar surface area (TPSA) is 74.7 Å². The van der Waals surface area contributed by atoms with Crippen molar-refractivity contribution in [3.63, 3.8) is 0 Å². The van der Waals surface area contributed by atoms with Crippen molar-refractivity contribution >= 4 is 15.8 Å². The van der Waals surface area contributed by atoms with E-state index in [0.717, 1.165) is 0 Å². The zero-order valence-electron chi connectivity index (χ0n) is 9.35. The van der Waals surface area contributed by atoms with Crippen molar-refractivity contribution in [2.45, 2.75) is 13.3 Å². The molecule has 0 atom stereocenters. The normalized spacial score (nSPS) is 21.9. The number of carboxylic acid groups (broad SMARTS) is 1. The molecule has 0 saturated carbocycles. The lowest BCUT2D eigenvalue weighted by molar-refractivity contribution is -0.132. The van der Waals surface area contributed by atoms with Gasteiger partial charge in [-0.3, -0.25) is 4.90 Å². The highest BCUT2D eigenvalue weighted by atomic mass is 32.2. The SMILES string of the molecule is CCC(=CCN1CCS(=O)(=O)CC1)C(=O)O. The number of rotatable bonds is 4. The molecule has 0 unspecified atom stereocenters. The second-order valence-electron chi connectivity index (χ2n) is 3.84. The van der Waals surface area contributed by atoms with Crippen molar-refractivity contribution in [2.24, 2.45) is 0 Å². The van der Waals surface area contributed by atoms with Crippen LogP contribution in [0.5, 0.6) is 0 Å². The summed E-state index contributed by atoms with van der Waals surface area (Å²) in [6.45, 7) is 3.30. The molecule has 16 heavy (non-hydrogen) atoms. The first-order valence-electron chi connectivity index (χ1n) is 5.29. The fraction of sp³-hybridized carbons (Fsp3) is 0.700. The summed E-state index contributed by atoms with van der Waals surface area (Å²) in [4.78, 5) is 12.7. The number of carbonyl (C=O) groups is 1. The van der Waals surface area contributed by atoms with Crippen molar-refractivity contribution < 1.29 is 18.3 Å². The van der Waals surface area contributed by atoms with Crippen LogP contribution in [0, 0.1) is 0 Å². The molecule has 1 fully saturated rings. The van der Waals surface area contributed by atoms with Crippen LogP contribution in [0.25, 0.3) is 0 Å². The zero-order valence-corrected chi connectivity index (χ0v) is 10.2. The van der Waals surface area contributed by atoms with Gasteiger partial charge in [0.05, 0.1) is 11.5 Å². The second kappa shape index (κ2) is 5.45. The maximum Gasteiger partial charge on any atom is 0.331 e. The van der Waals surface area contributed by atoms with Crippen LogP contribution < -0.4 is 0 Å². The molecule has 0 aromatic carbocycles. The lowest BCUT2D eigenvalue weighted by Gasteiger charge is -2.25. The lowest BCUT2D eigenvalue weighted by atomic mass is 10.2. The van der Waals surface area contributed by atoms with Crippen molar-refractivity contribution in [1.29, 1.82) is 0 Å². The number of sulfone groups is 1. The Morgan fingerprint density at radius 1 is 1.38 bits per heavy atom. The van der Waals surface area contributed by atoms with Gasteiger partial charge in [0.1, 0.15) is 0 Å². The fourth-order valence-electron chi connectivity index (χ4n) is 1.55. The minimum absolute atomic E-state index is 0.176. The Kier molecular flexibility index (Phi) is 4.49. The van der Waals surface area contributed by atoms with Gasteiger partial charge in [-0.1, -0.05) is 13.0 Å². The average Bonchev–Trinajstić information content (AvgIpc) is 2.20. The smallest absolute Gasteiger partial charge is 0.331 e. The van der Waals surface area contributed by atoms with Crippen molar-refractivity contribution in [1.82, 2.24) is 4.90 Å². The van der Waals surface area contributed by atoms with E-state index < -0.39 is 15.8 Å². The molecule has 0 spiro atoms. The van der Waals surface area contributed by atoms with E-state index in [4.69, 9.17) is 5.11 Å². The molecule has 0 amide bonds. The van der Waals surface area contributed by atoms with Gasteiger partial charge in [0, 0.05) is 25.2 Å². The monoisotopic (exact) mass is 247 g/mol. The van der Waals surface area contributed by atoms with Gasteiger partial charge in [0.25, 0.3) is 0 Å². The molecule has 0 aromatic rings. The van der Waals surface area contributed by atoms with E-state index in [0.29, 0.717) is 31.6 Å². The first kappa shape index (κ1) is 13.2. The van der Waals surface area contributed by atoms with Gasteiger partial charge in [0.2, 0.25) is 0 Å². The van der Waals surface area contributed by atoms with Crippen LogP contribution in [-0.2, 0) is 14.6 Å². The number of hydrogen-bond acceptors (Lipinski definition) is 4. The van der Waals surface area contributed by atoms with Crippen molar-refractivity contribution in [3.05, 3.63) is 11.6 Å². The molecule has 1 N–H and O–H groups in total. The van der Waals surface area contributed by atoms with E-state index in [2.05, 4.69) is 0 Å². The second-order valence-corrected chi connectivity index (χ2v) is 6.14. The first-order chi connectivity index (χ1) is 7.44. The fourth-order valence-corrected chi connectivity index (χ4v) is 2.83. The predicted molar refractivity (Wildman–Crippen MR) is 61.1 cm³/mol. The van der Waals surface area contributed by atoms with E-state index >= 15 is 0 Å². The maximum absolute atomic E-state index is 11.2. The van der Waals surface area contributed by atoms with Crippen molar-refractivity contribution in [2.75, 3.05) is 31.1 Å². The molecule has 92 valence electrons. The molecule has 1 aliphatic heterocycles. The Hall–Kier alpha value is -0.880. The van der Waals surface area contributed by atoms with Gasteiger partial charge < -0.3 is 5.11 Å². The first-order valence-corrected chi connectivity index (χ1v) is 7.12. The third-order valence-corrected chi connectivity index (χ3v) is 4.30. The summed E-state index contributed by atoms with van der Waals surface area (Å²) in [5.74, 6) is -0.544. The Morgan fingerprint density at radius 2 is 1.94 bits per heavy atom. The number of carboxylic acids is 1. The van der Waals surface area contributed by atoms with E-state index in [1.54, 1.807) is 13.0 Å². The molecule has 1 heterocycles. The quantitative estimate of drug-likeness (QED) is 0.715. The Balaban J connectivity index is 2.48. The van der Waals surface area contributed by atoms with Crippen LogP contribution in [0.3, 0.4) is 0 Å². The molecule has 0 aromatic heterocycles. The van der Waals surface area contributed by atoms with E-state index in [9.17, 15) is 13.2 Å². The number of hydrogen-bond donors (Lipinski definition) is 1. The summed E-state index contributed by atoms with van der Waals surface area (Å²) >= 11 is 0. The summed E-state index contributed by atoms with van der Waals surface area (Å²) in [5, 5.41) is 8.80. The summed E-state index contributed by atoms with van der Waals surface area (Å²) < 4.78 is 22.3. The molecule has 1 saturated heterocycles. The summed E-state index contributed by atoms with van der Waals surface area (Å²) in [7, 11) is -2.85. The number of nitrogens with zero attached hydrogens (tertiary/aromatic N) is 1. The molecule has 1 aliphatic rings. The summed E-state index contributed by atoms with van der Waals surface area (Å²) in [5.41, 5.74) is 0.383. The molecule has 5 nitrogen and oxygen atoms in total. The van der Waals surface area contributed by atoms with Crippen LogP contribution in [0.15, 0.2) is 11.6 Å². The lowest BCUT2D eigenvalue weighted by Crippen LogP contribution is -2.40. The van der Waals surface area contributed by atoms with Crippen LogP contribution in [0.2, 0.25) is 0 Å². The molecule has 0 bridgehead atoms. The molecular weight excluding hydrogens is 230 g/mol. The van der Waals surface area contributed by atoms with Crippen LogP contribution >= 0.6 is 0 Å². The van der Waals surface area contributed by atoms with E-state index in [-0.39, 0.29) is 11.5 Å². The third-order valence-electron chi connectivity index (χ3n) is 2.69. The summed E-state index contributed by atoms with van der Waals surface area (Å²) in [6, 6.07) is 0. The minimum Gasteiger partial charge on any atom is -0.478 e. The molecule has 0 aliphatic carbocycles. The Labute approximate surface area is 95.7 Å². The van der Waals surface area contributed by atoms with Gasteiger partial charge in [-0.2, -0.15) is 0 Å². The van der Waals surface area contributed by atoms with Gasteiger partial charge in [-0.15, -0.1) is 0 Å². The maximum atomic E-state index is 11.2. The van der Waals surface area contributed by atoms with E-state index in [1.807, 2.05) is 4.90 Å². The highest BCUT2D eigenvalue weighted by Gasteiger charge is 2.20. The molecular formula is C10H17NO4S. The zero-order chi connectivity index (χ0) is 12.2. The highest BCUT2D eigenvalue weighted by Crippen LogP contribution is 2.06. The minimum atomic E-state index is -2.85. The largest absolute Gasteiger partial charge is 0.478 e. The average molecular weight is 247 g/mol. The molecule has 0 radical (unpaired) electrons. The van der Waals surface area contributed by atoms with Crippen LogP contribution in [-0.4, -0.2) is 55.5 Å². The third kappa shape index (κ3) is 3.94. The van der Waals surface area contributed by atoms with Gasteiger partial charge in [-0.05, 0) is 6.42 Å². The highest BCUT2D eigenvalue weighted by molar-refractivity contribution is 7.91. The van der Waals surface area contributed by atoms with Crippen molar-refractivity contribution in [3.8, 4) is 0 Å². The predicted octanol–water partition coefficient (Wildman–Crippen LogP) is 0.138. The van der Waals surface area contributed by atoms with Gasteiger partial charge in [0.15, 0.2) is 9.84 Å². The Morgan fingerprint density at radius 3 is 2.38 bits per heavy atom. The van der Waals surface area contributed by atoms with E-state index in [1.165, 1.54) is 0 Å². The molecule has 1 rings (SSSR count). The number of aliphatic carboxylic acids is 1. The van der Waals surface area contributed by atoms with Crippen LogP contribution in [0.4, 0.5) is 0 Å². The standard InChI is InChI=1S/C10H17NO4S/c1-2-9(10(12)13)3-4-11-5-7-16(14,15)8-6-11/h3H,2,4-8H2,1H3,(H,12,13). The molecule has 6 heteroatoms. The Bertz CT molecular complexity index is 372. The van der Waals surface area contributed by atoms with Gasteiger partial charge in [-0.25, -0.2) is 13.2 Å². The van der Waals surface area contributed by atoms with Crippen LogP contribution in [0.1, 0.15) is 13.3 Å².